The Morgan fingerprint density at radius 1 is 1.00 bits per heavy atom. The zero-order valence-electron chi connectivity index (χ0n) is 14.9. The maximum Gasteiger partial charge on any atom is 0.282 e. The molecular formula is C19H18N4O4S. The second-order valence-electron chi connectivity index (χ2n) is 6.23. The Hall–Kier alpha value is -3.33. The zero-order valence-corrected chi connectivity index (χ0v) is 15.7. The Morgan fingerprint density at radius 2 is 1.61 bits per heavy atom. The lowest BCUT2D eigenvalue weighted by atomic mass is 10.1. The fourth-order valence-electron chi connectivity index (χ4n) is 3.02. The number of anilines is 1. The molecule has 0 spiro atoms. The minimum atomic E-state index is -0.701. The van der Waals surface area contributed by atoms with E-state index in [0.717, 1.165) is 12.8 Å². The van der Waals surface area contributed by atoms with Crippen LogP contribution in [0.4, 0.5) is 11.4 Å². The first kappa shape index (κ1) is 19.4. The van der Waals surface area contributed by atoms with Gasteiger partial charge in [-0.1, -0.05) is 24.3 Å². The number of carbonyl (C=O) groups is 2. The Morgan fingerprint density at radius 3 is 2.29 bits per heavy atom. The van der Waals surface area contributed by atoms with Crippen LogP contribution in [0.15, 0.2) is 48.5 Å². The maximum absolute atomic E-state index is 12.7. The second-order valence-corrected chi connectivity index (χ2v) is 6.64. The number of carbonyl (C=O) groups excluding carboxylic acids is 2. The molecule has 2 aromatic rings. The lowest BCUT2D eigenvalue weighted by Gasteiger charge is -2.18. The van der Waals surface area contributed by atoms with Gasteiger partial charge in [-0.05, 0) is 43.3 Å². The van der Waals surface area contributed by atoms with Gasteiger partial charge in [-0.3, -0.25) is 25.0 Å². The minimum Gasteiger partial charge on any atom is -0.339 e. The van der Waals surface area contributed by atoms with E-state index in [0.29, 0.717) is 24.3 Å². The molecule has 1 saturated heterocycles. The van der Waals surface area contributed by atoms with Gasteiger partial charge in [0.15, 0.2) is 5.11 Å². The quantitative estimate of drug-likeness (QED) is 0.466. The maximum atomic E-state index is 12.7. The van der Waals surface area contributed by atoms with Gasteiger partial charge in [-0.2, -0.15) is 0 Å². The van der Waals surface area contributed by atoms with Crippen molar-refractivity contribution >= 4 is 40.5 Å². The van der Waals surface area contributed by atoms with Crippen molar-refractivity contribution in [2.24, 2.45) is 0 Å². The van der Waals surface area contributed by atoms with Gasteiger partial charge in [0.25, 0.3) is 17.5 Å². The molecule has 0 saturated carbocycles. The summed E-state index contributed by atoms with van der Waals surface area (Å²) in [4.78, 5) is 37.3. The summed E-state index contributed by atoms with van der Waals surface area (Å²) in [7, 11) is 0. The number of hydrogen-bond donors (Lipinski definition) is 2. The molecule has 0 bridgehead atoms. The lowest BCUT2D eigenvalue weighted by Crippen LogP contribution is -2.35. The molecule has 0 aromatic heterocycles. The van der Waals surface area contributed by atoms with Crippen molar-refractivity contribution in [3.8, 4) is 0 Å². The van der Waals surface area contributed by atoms with Crippen LogP contribution in [0.25, 0.3) is 0 Å². The number of rotatable bonds is 4. The van der Waals surface area contributed by atoms with Crippen molar-refractivity contribution < 1.29 is 14.5 Å². The van der Waals surface area contributed by atoms with Crippen molar-refractivity contribution in [2.45, 2.75) is 12.8 Å². The van der Waals surface area contributed by atoms with E-state index in [4.69, 9.17) is 12.2 Å². The van der Waals surface area contributed by atoms with Crippen molar-refractivity contribution in [2.75, 3.05) is 18.4 Å². The fraction of sp³-hybridized carbons (Fsp3) is 0.211. The molecular weight excluding hydrogens is 380 g/mol. The van der Waals surface area contributed by atoms with Crippen LogP contribution in [0.5, 0.6) is 0 Å². The van der Waals surface area contributed by atoms with Gasteiger partial charge >= 0.3 is 0 Å². The van der Waals surface area contributed by atoms with Gasteiger partial charge in [-0.25, -0.2) is 0 Å². The highest BCUT2D eigenvalue weighted by Crippen LogP contribution is 2.21. The van der Waals surface area contributed by atoms with E-state index in [1.54, 1.807) is 29.2 Å². The highest BCUT2D eigenvalue weighted by Gasteiger charge is 2.23. The molecule has 144 valence electrons. The summed E-state index contributed by atoms with van der Waals surface area (Å²) in [6.45, 7) is 1.43. The summed E-state index contributed by atoms with van der Waals surface area (Å²) in [5, 5.41) is 16.3. The smallest absolute Gasteiger partial charge is 0.282 e. The predicted molar refractivity (Wildman–Crippen MR) is 108 cm³/mol. The van der Waals surface area contributed by atoms with Crippen molar-refractivity contribution in [3.05, 3.63) is 69.8 Å². The van der Waals surface area contributed by atoms with Gasteiger partial charge < -0.3 is 10.2 Å². The Kier molecular flexibility index (Phi) is 5.95. The third-order valence-corrected chi connectivity index (χ3v) is 4.58. The molecule has 0 aliphatic carbocycles. The first-order valence-corrected chi connectivity index (χ1v) is 9.12. The lowest BCUT2D eigenvalue weighted by molar-refractivity contribution is -0.385. The monoisotopic (exact) mass is 398 g/mol. The van der Waals surface area contributed by atoms with Gasteiger partial charge in [0.1, 0.15) is 5.56 Å². The van der Waals surface area contributed by atoms with Gasteiger partial charge in [0.05, 0.1) is 16.2 Å². The average molecular weight is 398 g/mol. The number of nitrogens with one attached hydrogen (secondary N) is 2. The molecule has 1 heterocycles. The number of benzene rings is 2. The molecule has 0 radical (unpaired) electrons. The molecule has 0 unspecified atom stereocenters. The third-order valence-electron chi connectivity index (χ3n) is 4.37. The van der Waals surface area contributed by atoms with Crippen LogP contribution >= 0.6 is 12.2 Å². The zero-order chi connectivity index (χ0) is 20.1. The molecule has 2 aromatic carbocycles. The van der Waals surface area contributed by atoms with Gasteiger partial charge in [0.2, 0.25) is 0 Å². The Labute approximate surface area is 166 Å². The minimum absolute atomic E-state index is 0.0511. The number of para-hydroxylation sites is 2. The van der Waals surface area contributed by atoms with E-state index in [9.17, 15) is 19.7 Å². The molecule has 9 heteroatoms. The van der Waals surface area contributed by atoms with Crippen LogP contribution in [0.1, 0.15) is 33.6 Å². The highest BCUT2D eigenvalue weighted by atomic mass is 32.1. The van der Waals surface area contributed by atoms with Crippen LogP contribution in [-0.4, -0.2) is 39.8 Å². The van der Waals surface area contributed by atoms with E-state index < -0.39 is 10.8 Å². The molecule has 1 aliphatic heterocycles. The van der Waals surface area contributed by atoms with Gasteiger partial charge in [-0.15, -0.1) is 0 Å². The molecule has 1 fully saturated rings. The normalized spacial score (nSPS) is 13.1. The van der Waals surface area contributed by atoms with Crippen molar-refractivity contribution in [3.63, 3.8) is 0 Å². The standard InChI is InChI=1S/C19H18N4O4S/c24-17(14-8-2-4-10-16(14)23(26)27)21-19(28)20-15-9-3-1-7-13(15)18(25)22-11-5-6-12-22/h1-4,7-10H,5-6,11-12H2,(H2,20,21,24,28). The summed E-state index contributed by atoms with van der Waals surface area (Å²) in [5.41, 5.74) is 0.504. The number of nitro benzene ring substituents is 1. The molecule has 0 atom stereocenters. The molecule has 8 nitrogen and oxygen atoms in total. The topological polar surface area (TPSA) is 105 Å². The molecule has 1 aliphatic rings. The molecule has 28 heavy (non-hydrogen) atoms. The summed E-state index contributed by atoms with van der Waals surface area (Å²) in [6.07, 6.45) is 1.96. The van der Waals surface area contributed by atoms with Crippen molar-refractivity contribution in [1.82, 2.24) is 10.2 Å². The highest BCUT2D eigenvalue weighted by molar-refractivity contribution is 7.80. The van der Waals surface area contributed by atoms with E-state index in [2.05, 4.69) is 10.6 Å². The first-order chi connectivity index (χ1) is 13.5. The number of thiocarbonyl (C=S) groups is 1. The second kappa shape index (κ2) is 8.57. The summed E-state index contributed by atoms with van der Waals surface area (Å²) in [5.74, 6) is -0.804. The SMILES string of the molecule is O=C(NC(=S)Nc1ccccc1C(=O)N1CCCC1)c1ccccc1[N+](=O)[O-]. The largest absolute Gasteiger partial charge is 0.339 e. The average Bonchev–Trinajstić information content (AvgIpc) is 3.22. The molecule has 2 N–H and O–H groups in total. The molecule has 2 amide bonds. The number of amides is 2. The van der Waals surface area contributed by atoms with Crippen molar-refractivity contribution in [1.29, 1.82) is 0 Å². The van der Waals surface area contributed by atoms with E-state index in [1.807, 2.05) is 0 Å². The van der Waals surface area contributed by atoms with E-state index in [-0.39, 0.29) is 22.3 Å². The fourth-order valence-corrected chi connectivity index (χ4v) is 3.22. The third kappa shape index (κ3) is 4.32. The van der Waals surface area contributed by atoms with Gasteiger partial charge in [0, 0.05) is 19.2 Å². The number of nitro groups is 1. The van der Waals surface area contributed by atoms with Crippen LogP contribution in [0, 0.1) is 10.1 Å². The summed E-state index contributed by atoms with van der Waals surface area (Å²) in [6, 6.07) is 12.5. The van der Waals surface area contributed by atoms with E-state index >= 15 is 0 Å². The van der Waals surface area contributed by atoms with E-state index in [1.165, 1.54) is 24.3 Å². The first-order valence-electron chi connectivity index (χ1n) is 8.71. The molecule has 3 rings (SSSR count). The number of nitrogens with zero attached hydrogens (tertiary/aromatic N) is 2. The van der Waals surface area contributed by atoms with Crippen LogP contribution in [0.2, 0.25) is 0 Å². The Bertz CT molecular complexity index is 941. The number of hydrogen-bond acceptors (Lipinski definition) is 5. The van der Waals surface area contributed by atoms with Crippen LogP contribution < -0.4 is 10.6 Å². The number of likely N-dealkylation sites (tertiary alicyclic amines) is 1. The summed E-state index contributed by atoms with van der Waals surface area (Å²) < 4.78 is 0. The van der Waals surface area contributed by atoms with Crippen LogP contribution in [0.3, 0.4) is 0 Å². The van der Waals surface area contributed by atoms with Crippen LogP contribution in [-0.2, 0) is 0 Å². The Balaban J connectivity index is 1.73. The predicted octanol–water partition coefficient (Wildman–Crippen LogP) is 2.96. The summed E-state index contributed by atoms with van der Waals surface area (Å²) >= 11 is 5.16.